The summed E-state index contributed by atoms with van der Waals surface area (Å²) in [7, 11) is 4.59. The predicted octanol–water partition coefficient (Wildman–Crippen LogP) is 3.69. The maximum atomic E-state index is 13.1. The van der Waals surface area contributed by atoms with Crippen LogP contribution >= 0.6 is 0 Å². The number of amides is 2. The highest BCUT2D eigenvalue weighted by atomic mass is 16.5. The van der Waals surface area contributed by atoms with E-state index in [1.165, 1.54) is 27.5 Å². The van der Waals surface area contributed by atoms with Gasteiger partial charge in [0.25, 0.3) is 5.91 Å². The van der Waals surface area contributed by atoms with Crippen LogP contribution in [-0.2, 0) is 4.79 Å². The van der Waals surface area contributed by atoms with Crippen LogP contribution in [0.1, 0.15) is 10.4 Å². The minimum absolute atomic E-state index is 0.204. The summed E-state index contributed by atoms with van der Waals surface area (Å²) in [4.78, 5) is 34.1. The fourth-order valence-corrected chi connectivity index (χ4v) is 3.64. The molecule has 0 aliphatic carbocycles. The number of anilines is 1. The molecule has 0 radical (unpaired) electrons. The van der Waals surface area contributed by atoms with Crippen LogP contribution < -0.4 is 24.8 Å². The monoisotopic (exact) mass is 472 g/mol. The van der Waals surface area contributed by atoms with E-state index < -0.39 is 5.91 Å². The first-order chi connectivity index (χ1) is 17.0. The smallest absolute Gasteiger partial charge is 0.252 e. The summed E-state index contributed by atoms with van der Waals surface area (Å²) in [5.74, 6) is 0.620. The van der Waals surface area contributed by atoms with Crippen molar-refractivity contribution in [3.63, 3.8) is 0 Å². The van der Waals surface area contributed by atoms with Crippen molar-refractivity contribution in [2.24, 2.45) is 0 Å². The van der Waals surface area contributed by atoms with Gasteiger partial charge in [0.1, 0.15) is 0 Å². The van der Waals surface area contributed by atoms with Gasteiger partial charge in [0, 0.05) is 17.1 Å². The van der Waals surface area contributed by atoms with Crippen LogP contribution in [0, 0.1) is 0 Å². The van der Waals surface area contributed by atoms with Crippen LogP contribution in [0.5, 0.6) is 17.2 Å². The highest BCUT2D eigenvalue weighted by molar-refractivity contribution is 6.08. The minimum Gasteiger partial charge on any atom is -0.493 e. The molecule has 0 bridgehead atoms. The number of carbonyl (C=O) groups is 2. The highest BCUT2D eigenvalue weighted by Gasteiger charge is 2.18. The van der Waals surface area contributed by atoms with Crippen LogP contribution in [0.3, 0.4) is 0 Å². The number of methoxy groups -OCH3 is 3. The number of benzene rings is 2. The van der Waals surface area contributed by atoms with Gasteiger partial charge in [-0.25, -0.2) is 4.98 Å². The summed E-state index contributed by atoms with van der Waals surface area (Å²) in [6.45, 7) is -0.204. The fourth-order valence-electron chi connectivity index (χ4n) is 3.64. The molecule has 178 valence electrons. The Balaban J connectivity index is 1.66. The largest absolute Gasteiger partial charge is 0.493 e. The Morgan fingerprint density at radius 2 is 1.66 bits per heavy atom. The van der Waals surface area contributed by atoms with Gasteiger partial charge in [0.15, 0.2) is 11.5 Å². The number of nitrogens with one attached hydrogen (secondary N) is 2. The van der Waals surface area contributed by atoms with Gasteiger partial charge in [0.2, 0.25) is 11.7 Å². The molecule has 2 amide bonds. The van der Waals surface area contributed by atoms with Crippen LogP contribution in [0.25, 0.3) is 22.2 Å². The molecule has 0 aliphatic heterocycles. The zero-order valence-electron chi connectivity index (χ0n) is 19.5. The maximum absolute atomic E-state index is 13.1. The van der Waals surface area contributed by atoms with Crippen molar-refractivity contribution in [2.75, 3.05) is 33.2 Å². The number of ether oxygens (including phenoxy) is 3. The quantitative estimate of drug-likeness (QED) is 0.402. The number of hydrogen-bond donors (Lipinski definition) is 2. The molecule has 2 aromatic carbocycles. The molecule has 0 aliphatic rings. The van der Waals surface area contributed by atoms with Crippen molar-refractivity contribution < 1.29 is 23.8 Å². The van der Waals surface area contributed by atoms with Crippen LogP contribution in [0.2, 0.25) is 0 Å². The van der Waals surface area contributed by atoms with E-state index >= 15 is 0 Å². The predicted molar refractivity (Wildman–Crippen MR) is 132 cm³/mol. The molecule has 0 saturated heterocycles. The lowest BCUT2D eigenvalue weighted by Crippen LogP contribution is -2.33. The van der Waals surface area contributed by atoms with E-state index in [0.717, 1.165) is 0 Å². The van der Waals surface area contributed by atoms with E-state index in [9.17, 15) is 9.59 Å². The number of hydrogen-bond acceptors (Lipinski definition) is 7. The number of para-hydroxylation sites is 1. The fraction of sp³-hybridized carbons (Fsp3) is 0.154. The summed E-state index contributed by atoms with van der Waals surface area (Å²) < 4.78 is 16.3. The Hall–Kier alpha value is -4.66. The molecule has 9 nitrogen and oxygen atoms in total. The average molecular weight is 473 g/mol. The number of pyridine rings is 2. The van der Waals surface area contributed by atoms with Crippen molar-refractivity contribution in [3.05, 3.63) is 72.6 Å². The van der Waals surface area contributed by atoms with Gasteiger partial charge >= 0.3 is 0 Å². The number of fused-ring (bicyclic) bond motifs is 1. The maximum Gasteiger partial charge on any atom is 0.252 e. The van der Waals surface area contributed by atoms with Gasteiger partial charge in [-0.15, -0.1) is 0 Å². The molecule has 0 spiro atoms. The van der Waals surface area contributed by atoms with Crippen LogP contribution in [-0.4, -0.2) is 49.7 Å². The molecule has 2 N–H and O–H groups in total. The standard InChI is InChI=1S/C26H24N4O5/c1-33-22-11-16(12-23(34-2)25(22)35-3)21-13-19(18-8-4-5-9-20(18)30-21)26(32)28-15-24(31)29-17-7-6-10-27-14-17/h4-14H,15H2,1-3H3,(H,28,32)(H,29,31). The Kier molecular flexibility index (Phi) is 7.06. The Morgan fingerprint density at radius 1 is 0.914 bits per heavy atom. The molecule has 0 fully saturated rings. The highest BCUT2D eigenvalue weighted by Crippen LogP contribution is 2.41. The molecule has 2 aromatic heterocycles. The Morgan fingerprint density at radius 3 is 2.31 bits per heavy atom. The van der Waals surface area contributed by atoms with Crippen molar-refractivity contribution in [2.45, 2.75) is 0 Å². The summed E-state index contributed by atoms with van der Waals surface area (Å²) in [5.41, 5.74) is 2.77. The van der Waals surface area contributed by atoms with Gasteiger partial charge in [-0.1, -0.05) is 18.2 Å². The van der Waals surface area contributed by atoms with Crippen molar-refractivity contribution in [3.8, 4) is 28.5 Å². The first-order valence-electron chi connectivity index (χ1n) is 10.7. The first-order valence-corrected chi connectivity index (χ1v) is 10.7. The van der Waals surface area contributed by atoms with Gasteiger partial charge in [-0.05, 0) is 36.4 Å². The van der Waals surface area contributed by atoms with Gasteiger partial charge in [-0.3, -0.25) is 14.6 Å². The van der Waals surface area contributed by atoms with Crippen molar-refractivity contribution in [1.82, 2.24) is 15.3 Å². The lowest BCUT2D eigenvalue weighted by molar-refractivity contribution is -0.115. The SMILES string of the molecule is COc1cc(-c2cc(C(=O)NCC(=O)Nc3cccnc3)c3ccccc3n2)cc(OC)c1OC. The normalized spacial score (nSPS) is 10.5. The number of nitrogens with zero attached hydrogens (tertiary/aromatic N) is 2. The van der Waals surface area contributed by atoms with E-state index in [2.05, 4.69) is 15.6 Å². The molecule has 4 aromatic rings. The molecular weight excluding hydrogens is 448 g/mol. The molecule has 2 heterocycles. The number of aromatic nitrogens is 2. The van der Waals surface area contributed by atoms with E-state index in [0.29, 0.717) is 50.7 Å². The summed E-state index contributed by atoms with van der Waals surface area (Å²) in [5, 5.41) is 6.04. The summed E-state index contributed by atoms with van der Waals surface area (Å²) in [6.07, 6.45) is 3.14. The molecular formula is C26H24N4O5. The zero-order chi connectivity index (χ0) is 24.8. The third kappa shape index (κ3) is 5.14. The van der Waals surface area contributed by atoms with Crippen molar-refractivity contribution in [1.29, 1.82) is 0 Å². The van der Waals surface area contributed by atoms with Gasteiger partial charge in [-0.2, -0.15) is 0 Å². The molecule has 0 atom stereocenters. The van der Waals surface area contributed by atoms with Crippen LogP contribution in [0.4, 0.5) is 5.69 Å². The van der Waals surface area contributed by atoms with E-state index in [1.54, 1.807) is 36.5 Å². The summed E-state index contributed by atoms with van der Waals surface area (Å²) in [6, 6.07) is 15.9. The molecule has 9 heteroatoms. The Bertz CT molecular complexity index is 1350. The molecule has 0 saturated carbocycles. The summed E-state index contributed by atoms with van der Waals surface area (Å²) >= 11 is 0. The third-order valence-electron chi connectivity index (χ3n) is 5.28. The average Bonchev–Trinajstić information content (AvgIpc) is 2.90. The zero-order valence-corrected chi connectivity index (χ0v) is 19.5. The van der Waals surface area contributed by atoms with E-state index in [4.69, 9.17) is 19.2 Å². The topological polar surface area (TPSA) is 112 Å². The van der Waals surface area contributed by atoms with E-state index in [1.807, 2.05) is 24.3 Å². The second-order valence-corrected chi connectivity index (χ2v) is 7.46. The van der Waals surface area contributed by atoms with Gasteiger partial charge in [0.05, 0.1) is 56.5 Å². The molecule has 0 unspecified atom stereocenters. The lowest BCUT2D eigenvalue weighted by Gasteiger charge is -2.15. The van der Waals surface area contributed by atoms with Crippen molar-refractivity contribution >= 4 is 28.4 Å². The minimum atomic E-state index is -0.404. The number of rotatable bonds is 8. The van der Waals surface area contributed by atoms with E-state index in [-0.39, 0.29) is 12.5 Å². The van der Waals surface area contributed by atoms with Gasteiger partial charge < -0.3 is 24.8 Å². The Labute approximate surface area is 202 Å². The molecule has 35 heavy (non-hydrogen) atoms. The molecule has 4 rings (SSSR count). The van der Waals surface area contributed by atoms with Crippen LogP contribution in [0.15, 0.2) is 67.0 Å². The first kappa shape index (κ1) is 23.5. The second kappa shape index (κ2) is 10.5. The lowest BCUT2D eigenvalue weighted by atomic mass is 10.0. The third-order valence-corrected chi connectivity index (χ3v) is 5.28. The number of carbonyl (C=O) groups excluding carboxylic acids is 2. The second-order valence-electron chi connectivity index (χ2n) is 7.46.